The molecule has 142 valence electrons. The van der Waals surface area contributed by atoms with Crippen LogP contribution in [0.3, 0.4) is 0 Å². The van der Waals surface area contributed by atoms with Gasteiger partial charge in [-0.3, -0.25) is 0 Å². The molecule has 8 nitrogen and oxygen atoms in total. The first-order valence-electron chi connectivity index (χ1n) is 8.11. The molecule has 0 fully saturated rings. The molecule has 3 aromatic heterocycles. The summed E-state index contributed by atoms with van der Waals surface area (Å²) in [6.07, 6.45) is 2.89. The van der Waals surface area contributed by atoms with E-state index in [1.165, 1.54) is 25.6 Å². The molecule has 4 rings (SSSR count). The van der Waals surface area contributed by atoms with E-state index in [0.717, 1.165) is 9.26 Å². The smallest absolute Gasteiger partial charge is 0.322 e. The predicted molar refractivity (Wildman–Crippen MR) is 109 cm³/mol. The highest BCUT2D eigenvalue weighted by Crippen LogP contribution is 2.40. The van der Waals surface area contributed by atoms with Crippen LogP contribution in [-0.4, -0.2) is 31.7 Å². The highest BCUT2D eigenvalue weighted by molar-refractivity contribution is 14.1. The third kappa shape index (κ3) is 3.09. The van der Waals surface area contributed by atoms with Crippen LogP contribution in [0.2, 0.25) is 0 Å². The molecule has 0 atom stereocenters. The SMILES string of the molecule is COc1c(I)c(-c2ccc(Oc3nccc(C)n3)c(F)c2)c2c(N)ncnn12. The molecule has 0 aliphatic heterocycles. The third-order valence-corrected chi connectivity index (χ3v) is 5.04. The number of fused-ring (bicyclic) bond motifs is 1. The number of hydrogen-bond donors (Lipinski definition) is 1. The topological polar surface area (TPSA) is 100 Å². The van der Waals surface area contributed by atoms with Gasteiger partial charge in [0.15, 0.2) is 17.4 Å². The number of nitrogen functional groups attached to an aromatic ring is 1. The second-order valence-corrected chi connectivity index (χ2v) is 6.91. The van der Waals surface area contributed by atoms with Gasteiger partial charge >= 0.3 is 6.01 Å². The molecule has 0 aliphatic rings. The van der Waals surface area contributed by atoms with Crippen molar-refractivity contribution in [3.63, 3.8) is 0 Å². The summed E-state index contributed by atoms with van der Waals surface area (Å²) in [6.45, 7) is 1.80. The van der Waals surface area contributed by atoms with E-state index in [1.54, 1.807) is 29.8 Å². The second kappa shape index (κ2) is 7.19. The van der Waals surface area contributed by atoms with Gasteiger partial charge in [-0.15, -0.1) is 0 Å². The molecule has 10 heteroatoms. The molecular weight excluding hydrogens is 478 g/mol. The molecule has 28 heavy (non-hydrogen) atoms. The minimum Gasteiger partial charge on any atom is -0.480 e. The minimum atomic E-state index is -0.563. The predicted octanol–water partition coefficient (Wildman–Crippen LogP) is 3.62. The summed E-state index contributed by atoms with van der Waals surface area (Å²) in [7, 11) is 1.53. The molecule has 2 N–H and O–H groups in total. The number of halogens is 2. The normalized spacial score (nSPS) is 11.0. The van der Waals surface area contributed by atoms with E-state index < -0.39 is 5.82 Å². The molecule has 0 spiro atoms. The Bertz CT molecular complexity index is 1200. The average molecular weight is 492 g/mol. The van der Waals surface area contributed by atoms with Crippen LogP contribution in [0, 0.1) is 16.3 Å². The molecule has 4 aromatic rings. The van der Waals surface area contributed by atoms with Gasteiger partial charge in [0.25, 0.3) is 0 Å². The number of aromatic nitrogens is 5. The minimum absolute atomic E-state index is 0.0176. The lowest BCUT2D eigenvalue weighted by molar-refractivity contribution is 0.384. The van der Waals surface area contributed by atoms with E-state index in [9.17, 15) is 4.39 Å². The Morgan fingerprint density at radius 3 is 2.75 bits per heavy atom. The number of ether oxygens (including phenoxy) is 2. The highest BCUT2D eigenvalue weighted by Gasteiger charge is 2.23. The van der Waals surface area contributed by atoms with Crippen LogP contribution in [0.25, 0.3) is 16.6 Å². The zero-order chi connectivity index (χ0) is 19.8. The Morgan fingerprint density at radius 1 is 1.21 bits per heavy atom. The Morgan fingerprint density at radius 2 is 2.04 bits per heavy atom. The summed E-state index contributed by atoms with van der Waals surface area (Å²) in [5, 5.41) is 4.18. The van der Waals surface area contributed by atoms with Crippen LogP contribution in [0.15, 0.2) is 36.8 Å². The van der Waals surface area contributed by atoms with Crippen molar-refractivity contribution in [2.24, 2.45) is 0 Å². The monoisotopic (exact) mass is 492 g/mol. The van der Waals surface area contributed by atoms with Crippen LogP contribution in [0.1, 0.15) is 5.69 Å². The zero-order valence-corrected chi connectivity index (χ0v) is 17.0. The molecule has 1 aromatic carbocycles. The molecule has 0 saturated carbocycles. The van der Waals surface area contributed by atoms with Gasteiger partial charge < -0.3 is 15.2 Å². The van der Waals surface area contributed by atoms with E-state index in [1.807, 2.05) is 0 Å². The van der Waals surface area contributed by atoms with E-state index in [4.69, 9.17) is 15.2 Å². The summed E-state index contributed by atoms with van der Waals surface area (Å²) in [4.78, 5) is 12.1. The van der Waals surface area contributed by atoms with Gasteiger partial charge in [0.2, 0.25) is 5.88 Å². The van der Waals surface area contributed by atoms with Gasteiger partial charge in [0.1, 0.15) is 11.8 Å². The zero-order valence-electron chi connectivity index (χ0n) is 14.8. The highest BCUT2D eigenvalue weighted by atomic mass is 127. The molecule has 3 heterocycles. The van der Waals surface area contributed by atoms with Gasteiger partial charge in [-0.2, -0.15) is 9.61 Å². The van der Waals surface area contributed by atoms with Gasteiger partial charge in [-0.05, 0) is 53.3 Å². The lowest BCUT2D eigenvalue weighted by atomic mass is 10.1. The number of anilines is 1. The van der Waals surface area contributed by atoms with Crippen molar-refractivity contribution in [1.29, 1.82) is 0 Å². The largest absolute Gasteiger partial charge is 0.480 e. The molecule has 0 amide bonds. The van der Waals surface area contributed by atoms with E-state index >= 15 is 0 Å². The quantitative estimate of drug-likeness (QED) is 0.435. The van der Waals surface area contributed by atoms with E-state index in [2.05, 4.69) is 42.6 Å². The Hall–Kier alpha value is -3.02. The number of rotatable bonds is 4. The average Bonchev–Trinajstić information content (AvgIpc) is 2.96. The van der Waals surface area contributed by atoms with Gasteiger partial charge in [-0.1, -0.05) is 6.07 Å². The molecular formula is C18H14FIN6O2. The Labute approximate surface area is 172 Å². The summed E-state index contributed by atoms with van der Waals surface area (Å²) in [6, 6.07) is 6.40. The molecule has 0 bridgehead atoms. The maximum Gasteiger partial charge on any atom is 0.322 e. The van der Waals surface area contributed by atoms with Crippen LogP contribution >= 0.6 is 22.6 Å². The number of nitrogens with zero attached hydrogens (tertiary/aromatic N) is 5. The van der Waals surface area contributed by atoms with Gasteiger partial charge in [-0.25, -0.2) is 19.3 Å². The molecule has 0 unspecified atom stereocenters. The maximum absolute atomic E-state index is 14.8. The maximum atomic E-state index is 14.8. The third-order valence-electron chi connectivity index (χ3n) is 4.04. The van der Waals surface area contributed by atoms with Crippen LogP contribution in [0.5, 0.6) is 17.6 Å². The van der Waals surface area contributed by atoms with Gasteiger partial charge in [0.05, 0.1) is 10.7 Å². The number of methoxy groups -OCH3 is 1. The Balaban J connectivity index is 1.81. The van der Waals surface area contributed by atoms with Crippen molar-refractivity contribution >= 4 is 33.9 Å². The molecule has 0 saturated heterocycles. The first kappa shape index (κ1) is 18.3. The van der Waals surface area contributed by atoms with Crippen molar-refractivity contribution in [2.75, 3.05) is 12.8 Å². The Kier molecular flexibility index (Phi) is 4.71. The van der Waals surface area contributed by atoms with E-state index in [-0.39, 0.29) is 17.6 Å². The number of aryl methyl sites for hydroxylation is 1. The fourth-order valence-corrected chi connectivity index (χ4v) is 3.83. The van der Waals surface area contributed by atoms with E-state index in [0.29, 0.717) is 22.5 Å². The van der Waals surface area contributed by atoms with Crippen LogP contribution in [0.4, 0.5) is 10.2 Å². The van der Waals surface area contributed by atoms with Crippen molar-refractivity contribution < 1.29 is 13.9 Å². The first-order valence-corrected chi connectivity index (χ1v) is 9.19. The van der Waals surface area contributed by atoms with Crippen LogP contribution in [-0.2, 0) is 0 Å². The number of hydrogen-bond acceptors (Lipinski definition) is 7. The fourth-order valence-electron chi connectivity index (χ4n) is 2.81. The fraction of sp³-hybridized carbons (Fsp3) is 0.111. The summed E-state index contributed by atoms with van der Waals surface area (Å²) < 4.78 is 27.9. The van der Waals surface area contributed by atoms with Gasteiger partial charge in [0, 0.05) is 17.5 Å². The number of nitrogens with two attached hydrogens (primary N) is 1. The van der Waals surface area contributed by atoms with Crippen molar-refractivity contribution in [1.82, 2.24) is 24.6 Å². The van der Waals surface area contributed by atoms with Crippen molar-refractivity contribution in [3.05, 3.63) is 51.9 Å². The number of benzene rings is 1. The summed E-state index contributed by atoms with van der Waals surface area (Å²) in [5.41, 5.74) is 8.57. The standard InChI is InChI=1S/C18H14FIN6O2/c1-9-5-6-22-18(25-9)28-12-4-3-10(7-11(12)19)13-14(20)17(27-2)26-15(13)16(21)23-8-24-26/h3-8H,1-2H3,(H2,21,23,24). The lowest BCUT2D eigenvalue weighted by Gasteiger charge is -2.08. The van der Waals surface area contributed by atoms with Crippen LogP contribution < -0.4 is 15.2 Å². The van der Waals surface area contributed by atoms with Crippen molar-refractivity contribution in [3.8, 4) is 28.8 Å². The van der Waals surface area contributed by atoms with Crippen molar-refractivity contribution in [2.45, 2.75) is 6.92 Å². The summed E-state index contributed by atoms with van der Waals surface area (Å²) >= 11 is 2.11. The molecule has 0 aliphatic carbocycles. The summed E-state index contributed by atoms with van der Waals surface area (Å²) in [5.74, 6) is 0.213. The second-order valence-electron chi connectivity index (χ2n) is 5.83. The first-order chi connectivity index (χ1) is 13.5. The molecule has 0 radical (unpaired) electrons. The lowest BCUT2D eigenvalue weighted by Crippen LogP contribution is -2.01.